The maximum atomic E-state index is 13.7. The summed E-state index contributed by atoms with van der Waals surface area (Å²) in [4.78, 5) is 34.0. The molecule has 2 aliphatic rings. The second kappa shape index (κ2) is 17.2. The van der Waals surface area contributed by atoms with E-state index in [0.29, 0.717) is 23.6 Å². The van der Waals surface area contributed by atoms with Crippen molar-refractivity contribution in [2.75, 3.05) is 5.75 Å². The molecule has 1 unspecified atom stereocenters. The van der Waals surface area contributed by atoms with Gasteiger partial charge in [-0.05, 0) is 43.1 Å². The standard InChI is InChI=1S/C29H42N4O7S.CH5N3/c34-26(21-11-12-21)27(35)24(14-20-9-5-2-6-10-20)32-29(37)25(15-23-16-30-18-31-23)33-28(36)22(17-41(38,39)40)13-19-7-3-1-4-8-19;2-1(3)4/h1,3-4,7-8,16,18,20-22,24-27,34-35H,2,5-6,9-15,17H2,(H,30,31)(H,32,37)(H,33,36)(H,38,39,40);(H5,2,3,4)/t22?,24-,25-,26-,27+;/m0./s1. The second-order valence-corrected chi connectivity index (χ2v) is 13.6. The number of aromatic nitrogens is 2. The van der Waals surface area contributed by atoms with E-state index in [1.54, 1.807) is 30.3 Å². The molecule has 0 radical (unpaired) electrons. The summed E-state index contributed by atoms with van der Waals surface area (Å²) in [7, 11) is -4.49. The summed E-state index contributed by atoms with van der Waals surface area (Å²) >= 11 is 0. The molecule has 14 nitrogen and oxygen atoms in total. The van der Waals surface area contributed by atoms with Crippen LogP contribution >= 0.6 is 0 Å². The van der Waals surface area contributed by atoms with Gasteiger partial charge in [0.15, 0.2) is 5.96 Å². The predicted molar refractivity (Wildman–Crippen MR) is 168 cm³/mol. The van der Waals surface area contributed by atoms with E-state index in [1.165, 1.54) is 12.5 Å². The second-order valence-electron chi connectivity index (χ2n) is 12.1. The summed E-state index contributed by atoms with van der Waals surface area (Å²) in [5.41, 5.74) is 10.2. The number of nitrogens with two attached hydrogens (primary N) is 2. The Morgan fingerprint density at radius 1 is 1.00 bits per heavy atom. The molecule has 0 aliphatic heterocycles. The first-order valence-corrected chi connectivity index (χ1v) is 17.0. The van der Waals surface area contributed by atoms with E-state index >= 15 is 0 Å². The Morgan fingerprint density at radius 2 is 1.64 bits per heavy atom. The number of nitrogens with zero attached hydrogens (tertiary/aromatic N) is 1. The van der Waals surface area contributed by atoms with E-state index < -0.39 is 57.9 Å². The average Bonchev–Trinajstić information content (AvgIpc) is 3.71. The summed E-state index contributed by atoms with van der Waals surface area (Å²) in [6.07, 6.45) is 8.44. The molecule has 45 heavy (non-hydrogen) atoms. The van der Waals surface area contributed by atoms with Crippen molar-refractivity contribution >= 4 is 27.9 Å². The number of guanidine groups is 1. The van der Waals surface area contributed by atoms with Gasteiger partial charge in [-0.2, -0.15) is 8.42 Å². The minimum absolute atomic E-state index is 0.00965. The number of hydrogen-bond acceptors (Lipinski definition) is 8. The lowest BCUT2D eigenvalue weighted by Gasteiger charge is -2.33. The molecule has 2 aromatic rings. The van der Waals surface area contributed by atoms with Crippen molar-refractivity contribution in [3.05, 3.63) is 54.1 Å². The molecule has 0 spiro atoms. The van der Waals surface area contributed by atoms with Crippen molar-refractivity contribution in [1.29, 1.82) is 5.41 Å². The Hall–Kier alpha value is -3.53. The molecule has 2 saturated carbocycles. The van der Waals surface area contributed by atoms with Gasteiger partial charge in [-0.25, -0.2) is 4.98 Å². The first-order chi connectivity index (χ1) is 21.3. The smallest absolute Gasteiger partial charge is 0.265 e. The minimum Gasteiger partial charge on any atom is -0.390 e. The van der Waals surface area contributed by atoms with Crippen LogP contribution in [0.25, 0.3) is 0 Å². The van der Waals surface area contributed by atoms with Crippen LogP contribution in [0.5, 0.6) is 0 Å². The van der Waals surface area contributed by atoms with Crippen LogP contribution in [0.1, 0.15) is 62.6 Å². The lowest BCUT2D eigenvalue weighted by atomic mass is 9.82. The molecular formula is C30H47N7O7S. The van der Waals surface area contributed by atoms with Crippen LogP contribution in [-0.4, -0.2) is 81.0 Å². The first kappa shape index (κ1) is 35.9. The number of hydrogen-bond donors (Lipinski definition) is 9. The Bertz CT molecular complexity index is 1310. The van der Waals surface area contributed by atoms with E-state index in [-0.39, 0.29) is 24.7 Å². The van der Waals surface area contributed by atoms with E-state index in [9.17, 15) is 32.8 Å². The third-order valence-corrected chi connectivity index (χ3v) is 9.05. The molecule has 2 amide bonds. The van der Waals surface area contributed by atoms with Gasteiger partial charge >= 0.3 is 0 Å². The van der Waals surface area contributed by atoms with Gasteiger partial charge in [-0.1, -0.05) is 62.4 Å². The van der Waals surface area contributed by atoms with Gasteiger partial charge in [-0.15, -0.1) is 0 Å². The molecule has 0 saturated heterocycles. The number of amides is 2. The molecular weight excluding hydrogens is 602 g/mol. The molecule has 1 aromatic carbocycles. The molecule has 11 N–H and O–H groups in total. The van der Waals surface area contributed by atoms with Crippen molar-refractivity contribution < 1.29 is 32.8 Å². The van der Waals surface area contributed by atoms with E-state index in [2.05, 4.69) is 32.1 Å². The fraction of sp³-hybridized carbons (Fsp3) is 0.600. The van der Waals surface area contributed by atoms with Gasteiger partial charge < -0.3 is 37.3 Å². The highest BCUT2D eigenvalue weighted by molar-refractivity contribution is 7.85. The van der Waals surface area contributed by atoms with Gasteiger partial charge in [0, 0.05) is 18.3 Å². The normalized spacial score (nSPS) is 18.7. The molecule has 1 heterocycles. The SMILES string of the molecule is N=C(N)N.O=C(N[C@@H](Cc1cnc[nH]1)C(=O)N[C@@H](CC1CCCCC1)[C@@H](O)[C@@H](O)C1CC1)C(Cc1ccccc1)CS(=O)(=O)O. The predicted octanol–water partition coefficient (Wildman–Crippen LogP) is 0.609. The van der Waals surface area contributed by atoms with Crippen LogP contribution in [0.2, 0.25) is 0 Å². The lowest BCUT2D eigenvalue weighted by Crippen LogP contribution is -2.57. The number of rotatable bonds is 15. The highest BCUT2D eigenvalue weighted by Crippen LogP contribution is 2.36. The monoisotopic (exact) mass is 649 g/mol. The molecule has 2 fully saturated rings. The number of carbonyl (C=O) groups is 2. The number of imidazole rings is 1. The number of aromatic amines is 1. The zero-order valence-electron chi connectivity index (χ0n) is 25.3. The third kappa shape index (κ3) is 13.2. The Kier molecular flexibility index (Phi) is 13.8. The fourth-order valence-electron chi connectivity index (χ4n) is 5.80. The number of aliphatic hydroxyl groups excluding tert-OH is 2. The largest absolute Gasteiger partial charge is 0.390 e. The zero-order chi connectivity index (χ0) is 33.0. The third-order valence-electron chi connectivity index (χ3n) is 8.23. The van der Waals surface area contributed by atoms with Crippen LogP contribution in [0.3, 0.4) is 0 Å². The van der Waals surface area contributed by atoms with Crippen molar-refractivity contribution in [3.8, 4) is 0 Å². The van der Waals surface area contributed by atoms with E-state index in [4.69, 9.17) is 5.41 Å². The number of H-pyrrole nitrogens is 1. The molecule has 15 heteroatoms. The highest BCUT2D eigenvalue weighted by atomic mass is 32.2. The fourth-order valence-corrected chi connectivity index (χ4v) is 6.58. The highest BCUT2D eigenvalue weighted by Gasteiger charge is 2.40. The maximum Gasteiger partial charge on any atom is 0.265 e. The van der Waals surface area contributed by atoms with Crippen LogP contribution in [0.4, 0.5) is 0 Å². The average molecular weight is 650 g/mol. The summed E-state index contributed by atoms with van der Waals surface area (Å²) in [6.45, 7) is 0. The van der Waals surface area contributed by atoms with E-state index in [0.717, 1.165) is 44.9 Å². The van der Waals surface area contributed by atoms with Gasteiger partial charge in [0.1, 0.15) is 12.1 Å². The Balaban J connectivity index is 0.00000130. The van der Waals surface area contributed by atoms with Crippen LogP contribution in [-0.2, 0) is 32.5 Å². The van der Waals surface area contributed by atoms with Gasteiger partial charge in [0.25, 0.3) is 10.1 Å². The van der Waals surface area contributed by atoms with Gasteiger partial charge in [-0.3, -0.25) is 19.6 Å². The summed E-state index contributed by atoms with van der Waals surface area (Å²) in [5.74, 6) is -3.22. The van der Waals surface area contributed by atoms with Gasteiger partial charge in [0.05, 0.1) is 30.1 Å². The van der Waals surface area contributed by atoms with Crippen molar-refractivity contribution in [3.63, 3.8) is 0 Å². The molecule has 1 aromatic heterocycles. The lowest BCUT2D eigenvalue weighted by molar-refractivity contribution is -0.132. The van der Waals surface area contributed by atoms with E-state index in [1.807, 2.05) is 0 Å². The summed E-state index contributed by atoms with van der Waals surface area (Å²) in [6, 6.07) is 7.00. The number of benzene rings is 1. The quantitative estimate of drug-likeness (QED) is 0.0737. The number of aliphatic hydroxyl groups is 2. The Labute approximate surface area is 264 Å². The molecule has 0 bridgehead atoms. The molecule has 250 valence electrons. The molecule has 5 atom stereocenters. The number of nitrogens with one attached hydrogen (secondary N) is 4. The molecule has 2 aliphatic carbocycles. The van der Waals surface area contributed by atoms with Crippen LogP contribution in [0.15, 0.2) is 42.9 Å². The summed E-state index contributed by atoms with van der Waals surface area (Å²) < 4.78 is 33.1. The van der Waals surface area contributed by atoms with Crippen molar-refractivity contribution in [1.82, 2.24) is 20.6 Å². The van der Waals surface area contributed by atoms with Gasteiger partial charge in [0.2, 0.25) is 11.8 Å². The number of carbonyl (C=O) groups excluding carboxylic acids is 2. The first-order valence-electron chi connectivity index (χ1n) is 15.3. The maximum absolute atomic E-state index is 13.7. The van der Waals surface area contributed by atoms with Crippen LogP contribution < -0.4 is 22.1 Å². The topological polar surface area (TPSA) is 258 Å². The minimum atomic E-state index is -4.49. The van der Waals surface area contributed by atoms with Crippen molar-refractivity contribution in [2.24, 2.45) is 29.2 Å². The zero-order valence-corrected chi connectivity index (χ0v) is 26.2. The Morgan fingerprint density at radius 3 is 2.20 bits per heavy atom. The van der Waals surface area contributed by atoms with Crippen LogP contribution in [0, 0.1) is 23.2 Å². The molecule has 4 rings (SSSR count). The summed E-state index contributed by atoms with van der Waals surface area (Å²) in [5, 5.41) is 33.5. The van der Waals surface area contributed by atoms with Crippen molar-refractivity contribution in [2.45, 2.75) is 88.5 Å².